The summed E-state index contributed by atoms with van der Waals surface area (Å²) in [6, 6.07) is 22.8. The van der Waals surface area contributed by atoms with Crippen molar-refractivity contribution in [3.05, 3.63) is 66.7 Å². The van der Waals surface area contributed by atoms with Gasteiger partial charge in [-0.2, -0.15) is 4.98 Å². The fraction of sp³-hybridized carbons (Fsp3) is 0.238. The van der Waals surface area contributed by atoms with Crippen molar-refractivity contribution in [2.75, 3.05) is 10.6 Å². The molecule has 2 N–H and O–H groups in total. The summed E-state index contributed by atoms with van der Waals surface area (Å²) >= 11 is 0. The maximum atomic E-state index is 4.75. The van der Waals surface area contributed by atoms with Crippen LogP contribution < -0.4 is 10.6 Å². The Balaban J connectivity index is 1.66. The van der Waals surface area contributed by atoms with Crippen molar-refractivity contribution in [3.8, 4) is 11.3 Å². The summed E-state index contributed by atoms with van der Waals surface area (Å²) in [6.45, 7) is 0. The number of nitrogens with zero attached hydrogens (tertiary/aromatic N) is 2. The molecular formula is C21H22N4. The Morgan fingerprint density at radius 3 is 2.20 bits per heavy atom. The Hall–Kier alpha value is -2.88. The number of benzene rings is 2. The Bertz CT molecular complexity index is 812. The van der Waals surface area contributed by atoms with Gasteiger partial charge in [0.25, 0.3) is 0 Å². The van der Waals surface area contributed by atoms with Crippen LogP contribution in [0.5, 0.6) is 0 Å². The molecule has 1 saturated carbocycles. The van der Waals surface area contributed by atoms with E-state index in [1.54, 1.807) is 0 Å². The molecule has 0 aliphatic heterocycles. The number of para-hydroxylation sites is 1. The SMILES string of the molecule is c1ccc(Nc2cc(-c3ccccc3)nc(NC3CCCC3)n2)cc1. The van der Waals surface area contributed by atoms with Crippen LogP contribution in [0.15, 0.2) is 66.7 Å². The van der Waals surface area contributed by atoms with Gasteiger partial charge in [-0.15, -0.1) is 0 Å². The second-order valence-corrected chi connectivity index (χ2v) is 6.44. The first-order valence-corrected chi connectivity index (χ1v) is 8.90. The highest BCUT2D eigenvalue weighted by molar-refractivity contribution is 5.67. The van der Waals surface area contributed by atoms with E-state index in [4.69, 9.17) is 4.98 Å². The van der Waals surface area contributed by atoms with Gasteiger partial charge in [-0.05, 0) is 25.0 Å². The molecule has 4 rings (SSSR count). The van der Waals surface area contributed by atoms with E-state index in [0.29, 0.717) is 12.0 Å². The summed E-state index contributed by atoms with van der Waals surface area (Å²) < 4.78 is 0. The molecule has 1 aromatic heterocycles. The Morgan fingerprint density at radius 2 is 1.48 bits per heavy atom. The van der Waals surface area contributed by atoms with Crippen LogP contribution in [0, 0.1) is 0 Å². The highest BCUT2D eigenvalue weighted by Gasteiger charge is 2.16. The molecule has 4 nitrogen and oxygen atoms in total. The van der Waals surface area contributed by atoms with Gasteiger partial charge in [0.1, 0.15) is 5.82 Å². The van der Waals surface area contributed by atoms with E-state index in [1.807, 2.05) is 54.6 Å². The van der Waals surface area contributed by atoms with Crippen LogP contribution >= 0.6 is 0 Å². The van der Waals surface area contributed by atoms with E-state index in [1.165, 1.54) is 25.7 Å². The minimum atomic E-state index is 0.482. The van der Waals surface area contributed by atoms with Crippen LogP contribution in [0.1, 0.15) is 25.7 Å². The van der Waals surface area contributed by atoms with Gasteiger partial charge < -0.3 is 10.6 Å². The van der Waals surface area contributed by atoms with Gasteiger partial charge in [0.05, 0.1) is 5.69 Å². The van der Waals surface area contributed by atoms with Crippen LogP contribution in [0.4, 0.5) is 17.5 Å². The molecule has 0 radical (unpaired) electrons. The quantitative estimate of drug-likeness (QED) is 0.671. The third kappa shape index (κ3) is 3.97. The number of rotatable bonds is 5. The molecule has 25 heavy (non-hydrogen) atoms. The molecule has 1 fully saturated rings. The molecule has 1 heterocycles. The average Bonchev–Trinajstić information content (AvgIpc) is 3.16. The predicted molar refractivity (Wildman–Crippen MR) is 103 cm³/mol. The Labute approximate surface area is 148 Å². The summed E-state index contributed by atoms with van der Waals surface area (Å²) in [5.74, 6) is 1.51. The van der Waals surface area contributed by atoms with E-state index >= 15 is 0 Å². The highest BCUT2D eigenvalue weighted by atomic mass is 15.2. The van der Waals surface area contributed by atoms with Crippen molar-refractivity contribution in [1.29, 1.82) is 0 Å². The second kappa shape index (κ2) is 7.34. The number of nitrogens with one attached hydrogen (secondary N) is 2. The van der Waals surface area contributed by atoms with Gasteiger partial charge >= 0.3 is 0 Å². The maximum absolute atomic E-state index is 4.75. The monoisotopic (exact) mass is 330 g/mol. The predicted octanol–water partition coefficient (Wildman–Crippen LogP) is 5.24. The molecular weight excluding hydrogens is 308 g/mol. The number of anilines is 3. The minimum Gasteiger partial charge on any atom is -0.351 e. The smallest absolute Gasteiger partial charge is 0.225 e. The summed E-state index contributed by atoms with van der Waals surface area (Å²) in [6.07, 6.45) is 4.96. The van der Waals surface area contributed by atoms with E-state index in [2.05, 4.69) is 27.8 Å². The van der Waals surface area contributed by atoms with Crippen LogP contribution in [-0.2, 0) is 0 Å². The molecule has 1 aliphatic rings. The fourth-order valence-corrected chi connectivity index (χ4v) is 3.25. The minimum absolute atomic E-state index is 0.482. The van der Waals surface area contributed by atoms with Crippen molar-refractivity contribution in [3.63, 3.8) is 0 Å². The molecule has 0 unspecified atom stereocenters. The van der Waals surface area contributed by atoms with Crippen LogP contribution in [-0.4, -0.2) is 16.0 Å². The molecule has 4 heteroatoms. The van der Waals surface area contributed by atoms with Gasteiger partial charge in [-0.25, -0.2) is 4.98 Å². The number of hydrogen-bond acceptors (Lipinski definition) is 4. The molecule has 0 atom stereocenters. The Kier molecular flexibility index (Phi) is 4.59. The zero-order chi connectivity index (χ0) is 16.9. The summed E-state index contributed by atoms with van der Waals surface area (Å²) in [5.41, 5.74) is 3.04. The van der Waals surface area contributed by atoms with Gasteiger partial charge in [0.2, 0.25) is 5.95 Å². The first-order valence-electron chi connectivity index (χ1n) is 8.90. The van der Waals surface area contributed by atoms with Gasteiger partial charge in [0.15, 0.2) is 0 Å². The van der Waals surface area contributed by atoms with E-state index in [-0.39, 0.29) is 0 Å². The number of hydrogen-bond donors (Lipinski definition) is 2. The molecule has 0 saturated heterocycles. The summed E-state index contributed by atoms with van der Waals surface area (Å²) in [7, 11) is 0. The zero-order valence-electron chi connectivity index (χ0n) is 14.2. The molecule has 0 spiro atoms. The van der Waals surface area contributed by atoms with Crippen molar-refractivity contribution in [2.45, 2.75) is 31.7 Å². The molecule has 126 valence electrons. The maximum Gasteiger partial charge on any atom is 0.225 e. The van der Waals surface area contributed by atoms with Crippen LogP contribution in [0.3, 0.4) is 0 Å². The standard InChI is InChI=1S/C21H22N4/c1-3-9-16(10-4-1)19-15-20(22-17-11-5-2-6-12-17)25-21(24-19)23-18-13-7-8-14-18/h1-6,9-12,15,18H,7-8,13-14H2,(H2,22,23,24,25). The molecule has 2 aromatic carbocycles. The summed E-state index contributed by atoms with van der Waals surface area (Å²) in [4.78, 5) is 9.43. The Morgan fingerprint density at radius 1 is 0.800 bits per heavy atom. The zero-order valence-corrected chi connectivity index (χ0v) is 14.2. The summed E-state index contributed by atoms with van der Waals surface area (Å²) in [5, 5.41) is 6.90. The van der Waals surface area contributed by atoms with E-state index < -0.39 is 0 Å². The topological polar surface area (TPSA) is 49.8 Å². The normalized spacial score (nSPS) is 14.4. The molecule has 0 bridgehead atoms. The fourth-order valence-electron chi connectivity index (χ4n) is 3.25. The third-order valence-corrected chi connectivity index (χ3v) is 4.53. The lowest BCUT2D eigenvalue weighted by Crippen LogP contribution is -2.17. The van der Waals surface area contributed by atoms with Crippen LogP contribution in [0.2, 0.25) is 0 Å². The van der Waals surface area contributed by atoms with Crippen LogP contribution in [0.25, 0.3) is 11.3 Å². The lowest BCUT2D eigenvalue weighted by Gasteiger charge is -2.15. The second-order valence-electron chi connectivity index (χ2n) is 6.44. The molecule has 3 aromatic rings. The van der Waals surface area contributed by atoms with Crippen molar-refractivity contribution in [1.82, 2.24) is 9.97 Å². The van der Waals surface area contributed by atoms with Crippen molar-refractivity contribution < 1.29 is 0 Å². The first-order chi connectivity index (χ1) is 12.4. The van der Waals surface area contributed by atoms with E-state index in [0.717, 1.165) is 22.8 Å². The lowest BCUT2D eigenvalue weighted by molar-refractivity contribution is 0.744. The highest BCUT2D eigenvalue weighted by Crippen LogP contribution is 2.26. The molecule has 0 amide bonds. The van der Waals surface area contributed by atoms with E-state index in [9.17, 15) is 0 Å². The van der Waals surface area contributed by atoms with Gasteiger partial charge in [-0.3, -0.25) is 0 Å². The van der Waals surface area contributed by atoms with Crippen molar-refractivity contribution in [2.24, 2.45) is 0 Å². The first kappa shape index (κ1) is 15.6. The average molecular weight is 330 g/mol. The lowest BCUT2D eigenvalue weighted by atomic mass is 10.1. The molecule has 1 aliphatic carbocycles. The van der Waals surface area contributed by atoms with Gasteiger partial charge in [-0.1, -0.05) is 61.4 Å². The third-order valence-electron chi connectivity index (χ3n) is 4.53. The largest absolute Gasteiger partial charge is 0.351 e. The van der Waals surface area contributed by atoms with Crippen molar-refractivity contribution >= 4 is 17.5 Å². The van der Waals surface area contributed by atoms with Gasteiger partial charge in [0, 0.05) is 23.4 Å². The number of aromatic nitrogens is 2.